The second-order valence-electron chi connectivity index (χ2n) is 5.14. The molecule has 1 saturated heterocycles. The minimum absolute atomic E-state index is 0.434. The van der Waals surface area contributed by atoms with Crippen LogP contribution in [-0.4, -0.2) is 36.5 Å². The van der Waals surface area contributed by atoms with Gasteiger partial charge in [-0.15, -0.1) is 0 Å². The van der Waals surface area contributed by atoms with Crippen molar-refractivity contribution in [3.63, 3.8) is 0 Å². The highest BCUT2D eigenvalue weighted by Crippen LogP contribution is 2.19. The summed E-state index contributed by atoms with van der Waals surface area (Å²) in [6.07, 6.45) is 2.55. The summed E-state index contributed by atoms with van der Waals surface area (Å²) in [6.45, 7) is 5.28. The van der Waals surface area contributed by atoms with Crippen molar-refractivity contribution in [3.8, 4) is 0 Å². The Morgan fingerprint density at radius 2 is 2.11 bits per heavy atom. The quantitative estimate of drug-likeness (QED) is 0.698. The molecule has 1 fully saturated rings. The summed E-state index contributed by atoms with van der Waals surface area (Å²) in [5, 5.41) is 3.29. The summed E-state index contributed by atoms with van der Waals surface area (Å²) in [4.78, 5) is 13.8. The van der Waals surface area contributed by atoms with Gasteiger partial charge in [-0.1, -0.05) is 0 Å². The largest absolute Gasteiger partial charge is 0.399 e. The highest BCUT2D eigenvalue weighted by molar-refractivity contribution is 5.99. The predicted octanol–water partition coefficient (Wildman–Crippen LogP) is 1.26. The first-order valence-corrected chi connectivity index (χ1v) is 6.75. The molecule has 1 atom stereocenters. The Labute approximate surface area is 113 Å². The molecule has 0 aromatic heterocycles. The zero-order valence-corrected chi connectivity index (χ0v) is 11.4. The number of nitrogens with two attached hydrogens (primary N) is 2. The monoisotopic (exact) mass is 262 g/mol. The summed E-state index contributed by atoms with van der Waals surface area (Å²) >= 11 is 0. The molecule has 5 N–H and O–H groups in total. The SMILES string of the molecule is CC(CNc1cc(N)ccc1C(N)=O)N1CCCC1. The zero-order chi connectivity index (χ0) is 13.8. The van der Waals surface area contributed by atoms with Gasteiger partial charge in [-0.3, -0.25) is 9.69 Å². The van der Waals surface area contributed by atoms with Crippen LogP contribution in [0.15, 0.2) is 18.2 Å². The van der Waals surface area contributed by atoms with Crippen LogP contribution in [0.1, 0.15) is 30.1 Å². The van der Waals surface area contributed by atoms with Crippen molar-refractivity contribution >= 4 is 17.3 Å². The average molecular weight is 262 g/mol. The number of primary amides is 1. The van der Waals surface area contributed by atoms with E-state index in [1.165, 1.54) is 12.8 Å². The Kier molecular flexibility index (Phi) is 4.27. The van der Waals surface area contributed by atoms with Gasteiger partial charge in [0.2, 0.25) is 0 Å². The first kappa shape index (κ1) is 13.7. The van der Waals surface area contributed by atoms with Crippen LogP contribution in [0.5, 0.6) is 0 Å². The molecule has 5 nitrogen and oxygen atoms in total. The van der Waals surface area contributed by atoms with E-state index in [1.54, 1.807) is 18.2 Å². The Balaban J connectivity index is 2.01. The van der Waals surface area contributed by atoms with Gasteiger partial charge in [0, 0.05) is 24.0 Å². The van der Waals surface area contributed by atoms with E-state index in [9.17, 15) is 4.79 Å². The van der Waals surface area contributed by atoms with Crippen LogP contribution < -0.4 is 16.8 Å². The number of nitrogen functional groups attached to an aromatic ring is 1. The van der Waals surface area contributed by atoms with Gasteiger partial charge in [0.15, 0.2) is 0 Å². The van der Waals surface area contributed by atoms with Gasteiger partial charge in [-0.2, -0.15) is 0 Å². The lowest BCUT2D eigenvalue weighted by Gasteiger charge is -2.24. The van der Waals surface area contributed by atoms with Crippen LogP contribution in [-0.2, 0) is 0 Å². The number of carbonyl (C=O) groups excluding carboxylic acids is 1. The van der Waals surface area contributed by atoms with E-state index in [4.69, 9.17) is 11.5 Å². The third-order valence-corrected chi connectivity index (χ3v) is 3.66. The normalized spacial score (nSPS) is 17.3. The summed E-state index contributed by atoms with van der Waals surface area (Å²) in [6, 6.07) is 5.55. The number of hydrogen-bond donors (Lipinski definition) is 3. The van der Waals surface area contributed by atoms with Crippen LogP contribution in [0.2, 0.25) is 0 Å². The molecule has 1 aliphatic rings. The highest BCUT2D eigenvalue weighted by Gasteiger charge is 2.18. The van der Waals surface area contributed by atoms with E-state index >= 15 is 0 Å². The lowest BCUT2D eigenvalue weighted by molar-refractivity contribution is 0.100. The Hall–Kier alpha value is -1.75. The number of rotatable bonds is 5. The number of anilines is 2. The van der Waals surface area contributed by atoms with Gasteiger partial charge >= 0.3 is 0 Å². The third-order valence-electron chi connectivity index (χ3n) is 3.66. The Morgan fingerprint density at radius 3 is 2.74 bits per heavy atom. The van der Waals surface area contributed by atoms with Crippen LogP contribution in [0.25, 0.3) is 0 Å². The molecule has 1 aliphatic heterocycles. The minimum atomic E-state index is -0.434. The molecule has 1 unspecified atom stereocenters. The molecule has 0 saturated carbocycles. The fourth-order valence-electron chi connectivity index (χ4n) is 2.49. The number of likely N-dealkylation sites (tertiary alicyclic amines) is 1. The van der Waals surface area contributed by atoms with Crippen molar-refractivity contribution < 1.29 is 4.79 Å². The number of nitrogens with one attached hydrogen (secondary N) is 1. The van der Waals surface area contributed by atoms with E-state index in [2.05, 4.69) is 17.1 Å². The van der Waals surface area contributed by atoms with E-state index in [0.29, 0.717) is 17.3 Å². The van der Waals surface area contributed by atoms with E-state index in [0.717, 1.165) is 25.3 Å². The van der Waals surface area contributed by atoms with Gasteiger partial charge in [-0.05, 0) is 51.1 Å². The topological polar surface area (TPSA) is 84.4 Å². The van der Waals surface area contributed by atoms with Gasteiger partial charge < -0.3 is 16.8 Å². The number of benzene rings is 1. The molecule has 1 heterocycles. The standard InChI is InChI=1S/C14H22N4O/c1-10(18-6-2-3-7-18)9-17-13-8-11(15)4-5-12(13)14(16)19/h4-5,8,10,17H,2-3,6-7,9,15H2,1H3,(H2,16,19). The van der Waals surface area contributed by atoms with E-state index in [1.807, 2.05) is 0 Å². The predicted molar refractivity (Wildman–Crippen MR) is 78.1 cm³/mol. The molecule has 2 rings (SSSR count). The van der Waals surface area contributed by atoms with E-state index < -0.39 is 5.91 Å². The molecule has 104 valence electrons. The average Bonchev–Trinajstić information content (AvgIpc) is 2.89. The van der Waals surface area contributed by atoms with Crippen LogP contribution in [0, 0.1) is 0 Å². The van der Waals surface area contributed by atoms with Crippen molar-refractivity contribution in [3.05, 3.63) is 23.8 Å². The van der Waals surface area contributed by atoms with E-state index in [-0.39, 0.29) is 0 Å². The fraction of sp³-hybridized carbons (Fsp3) is 0.500. The second-order valence-corrected chi connectivity index (χ2v) is 5.14. The fourth-order valence-corrected chi connectivity index (χ4v) is 2.49. The second kappa shape index (κ2) is 5.93. The first-order valence-electron chi connectivity index (χ1n) is 6.75. The van der Waals surface area contributed by atoms with Gasteiger partial charge in [0.1, 0.15) is 0 Å². The van der Waals surface area contributed by atoms with Gasteiger partial charge in [0.25, 0.3) is 5.91 Å². The molecule has 1 amide bonds. The molecule has 0 aliphatic carbocycles. The molecule has 19 heavy (non-hydrogen) atoms. The molecule has 5 heteroatoms. The maximum absolute atomic E-state index is 11.4. The molecular weight excluding hydrogens is 240 g/mol. The van der Waals surface area contributed by atoms with Crippen molar-refractivity contribution in [2.75, 3.05) is 30.7 Å². The summed E-state index contributed by atoms with van der Waals surface area (Å²) in [5.41, 5.74) is 13.0. The number of nitrogens with zero attached hydrogens (tertiary/aromatic N) is 1. The zero-order valence-electron chi connectivity index (χ0n) is 11.4. The number of amides is 1. The number of carbonyl (C=O) groups is 1. The third kappa shape index (κ3) is 3.38. The maximum Gasteiger partial charge on any atom is 0.250 e. The molecule has 0 spiro atoms. The minimum Gasteiger partial charge on any atom is -0.399 e. The summed E-state index contributed by atoms with van der Waals surface area (Å²) in [7, 11) is 0. The molecule has 0 radical (unpaired) electrons. The van der Waals surface area contributed by atoms with Gasteiger partial charge in [0.05, 0.1) is 5.56 Å². The van der Waals surface area contributed by atoms with Crippen LogP contribution in [0.3, 0.4) is 0 Å². The summed E-state index contributed by atoms with van der Waals surface area (Å²) < 4.78 is 0. The van der Waals surface area contributed by atoms with Crippen molar-refractivity contribution in [1.82, 2.24) is 4.90 Å². The van der Waals surface area contributed by atoms with Crippen molar-refractivity contribution in [1.29, 1.82) is 0 Å². The maximum atomic E-state index is 11.4. The van der Waals surface area contributed by atoms with Crippen LogP contribution >= 0.6 is 0 Å². The first-order chi connectivity index (χ1) is 9.08. The summed E-state index contributed by atoms with van der Waals surface area (Å²) in [5.74, 6) is -0.434. The smallest absolute Gasteiger partial charge is 0.250 e. The Morgan fingerprint density at radius 1 is 1.42 bits per heavy atom. The van der Waals surface area contributed by atoms with Crippen molar-refractivity contribution in [2.24, 2.45) is 5.73 Å². The van der Waals surface area contributed by atoms with Crippen LogP contribution in [0.4, 0.5) is 11.4 Å². The molecule has 1 aromatic carbocycles. The van der Waals surface area contributed by atoms with Gasteiger partial charge in [-0.25, -0.2) is 0 Å². The highest BCUT2D eigenvalue weighted by atomic mass is 16.1. The molecule has 0 bridgehead atoms. The molecule has 1 aromatic rings. The lowest BCUT2D eigenvalue weighted by atomic mass is 10.1. The Bertz CT molecular complexity index is 455. The lowest BCUT2D eigenvalue weighted by Crippen LogP contribution is -2.35. The molecular formula is C14H22N4O. The van der Waals surface area contributed by atoms with Crippen molar-refractivity contribution in [2.45, 2.75) is 25.8 Å². The number of hydrogen-bond acceptors (Lipinski definition) is 4.